The van der Waals surface area contributed by atoms with Gasteiger partial charge >= 0.3 is 23.9 Å². The Labute approximate surface area is 108 Å². The smallest absolute Gasteiger partial charge is 0.318 e. The normalized spacial score (nSPS) is 41.2. The van der Waals surface area contributed by atoms with Gasteiger partial charge < -0.3 is 9.47 Å². The van der Waals surface area contributed by atoms with Crippen LogP contribution in [0.4, 0.5) is 0 Å². The fourth-order valence-electron chi connectivity index (χ4n) is 3.15. The molecule has 100 valence electrons. The third-order valence-electron chi connectivity index (χ3n) is 4.15. The summed E-state index contributed by atoms with van der Waals surface area (Å²) in [4.78, 5) is 46.9. The van der Waals surface area contributed by atoms with Crippen molar-refractivity contribution in [3.05, 3.63) is 12.2 Å². The Kier molecular flexibility index (Phi) is 2.55. The Hall–Kier alpha value is -1.98. The van der Waals surface area contributed by atoms with Crippen LogP contribution in [0.25, 0.3) is 0 Å². The van der Waals surface area contributed by atoms with Crippen LogP contribution in [-0.4, -0.2) is 23.9 Å². The minimum Gasteiger partial charge on any atom is -0.393 e. The van der Waals surface area contributed by atoms with E-state index in [1.165, 1.54) is 0 Å². The van der Waals surface area contributed by atoms with Crippen LogP contribution in [0, 0.1) is 29.6 Å². The summed E-state index contributed by atoms with van der Waals surface area (Å²) in [5.41, 5.74) is 0. The van der Waals surface area contributed by atoms with Gasteiger partial charge in [0.05, 0.1) is 24.2 Å². The van der Waals surface area contributed by atoms with E-state index in [4.69, 9.17) is 4.74 Å². The molecule has 1 fully saturated rings. The molecular formula is C13H12O6. The molecule has 3 rings (SSSR count). The molecule has 2 aliphatic heterocycles. The molecule has 0 aromatic heterocycles. The van der Waals surface area contributed by atoms with Crippen LogP contribution < -0.4 is 0 Å². The third kappa shape index (κ3) is 1.70. The van der Waals surface area contributed by atoms with Crippen molar-refractivity contribution in [3.63, 3.8) is 0 Å². The Morgan fingerprint density at radius 1 is 0.947 bits per heavy atom. The zero-order valence-corrected chi connectivity index (χ0v) is 10.2. The van der Waals surface area contributed by atoms with E-state index in [2.05, 4.69) is 4.74 Å². The average Bonchev–Trinajstić information content (AvgIpc) is 2.67. The lowest BCUT2D eigenvalue weighted by molar-refractivity contribution is -0.163. The standard InChI is InChI=1S/C13H12O6/c1-5-7-3-2-6(4-8(14)18-11(5)15)9-10(7)13(17)19-12(9)16/h2-3,5-7,9-10H,4H2,1H3. The van der Waals surface area contributed by atoms with Crippen LogP contribution in [-0.2, 0) is 28.7 Å². The van der Waals surface area contributed by atoms with Gasteiger partial charge in [-0.15, -0.1) is 0 Å². The Balaban J connectivity index is 2.09. The third-order valence-corrected chi connectivity index (χ3v) is 4.15. The Bertz CT molecular complexity index is 517. The van der Waals surface area contributed by atoms with Gasteiger partial charge in [-0.3, -0.25) is 19.2 Å². The van der Waals surface area contributed by atoms with Gasteiger partial charge in [0.1, 0.15) is 0 Å². The van der Waals surface area contributed by atoms with E-state index in [0.29, 0.717) is 0 Å². The number of ether oxygens (including phenoxy) is 2. The van der Waals surface area contributed by atoms with Gasteiger partial charge in [-0.05, 0) is 0 Å². The van der Waals surface area contributed by atoms with Gasteiger partial charge in [0.2, 0.25) is 0 Å². The van der Waals surface area contributed by atoms with Gasteiger partial charge in [-0.2, -0.15) is 0 Å². The molecule has 0 spiro atoms. The first-order valence-electron chi connectivity index (χ1n) is 6.17. The highest BCUT2D eigenvalue weighted by Gasteiger charge is 2.55. The second-order valence-electron chi connectivity index (χ2n) is 5.20. The van der Waals surface area contributed by atoms with E-state index in [-0.39, 0.29) is 6.42 Å². The van der Waals surface area contributed by atoms with Gasteiger partial charge in [-0.1, -0.05) is 19.1 Å². The van der Waals surface area contributed by atoms with Crippen LogP contribution >= 0.6 is 0 Å². The lowest BCUT2D eigenvalue weighted by Crippen LogP contribution is -2.37. The number of carbonyl (C=O) groups is 4. The topological polar surface area (TPSA) is 86.7 Å². The summed E-state index contributed by atoms with van der Waals surface area (Å²) in [6.07, 6.45) is 3.36. The highest BCUT2D eigenvalue weighted by atomic mass is 16.6. The zero-order valence-electron chi connectivity index (χ0n) is 10.2. The van der Waals surface area contributed by atoms with Crippen molar-refractivity contribution in [2.24, 2.45) is 29.6 Å². The first-order chi connectivity index (χ1) is 8.99. The van der Waals surface area contributed by atoms with Crippen molar-refractivity contribution in [3.8, 4) is 0 Å². The van der Waals surface area contributed by atoms with E-state index in [9.17, 15) is 19.2 Å². The number of esters is 4. The van der Waals surface area contributed by atoms with E-state index in [1.54, 1.807) is 19.1 Å². The maximum absolute atomic E-state index is 11.8. The van der Waals surface area contributed by atoms with E-state index in [0.717, 1.165) is 0 Å². The number of allylic oxidation sites excluding steroid dienone is 2. The molecule has 0 saturated carbocycles. The molecule has 0 N–H and O–H groups in total. The van der Waals surface area contributed by atoms with Crippen molar-refractivity contribution < 1.29 is 28.7 Å². The predicted octanol–water partition coefficient (Wildman–Crippen LogP) is 0.214. The molecule has 5 unspecified atom stereocenters. The van der Waals surface area contributed by atoms with Crippen molar-refractivity contribution in [2.75, 3.05) is 0 Å². The quantitative estimate of drug-likeness (QED) is 0.353. The summed E-state index contributed by atoms with van der Waals surface area (Å²) in [6.45, 7) is 1.59. The van der Waals surface area contributed by atoms with Gasteiger partial charge in [0.15, 0.2) is 0 Å². The fraction of sp³-hybridized carbons (Fsp3) is 0.538. The Morgan fingerprint density at radius 3 is 2.37 bits per heavy atom. The van der Waals surface area contributed by atoms with Crippen molar-refractivity contribution >= 4 is 23.9 Å². The molecule has 6 nitrogen and oxygen atoms in total. The molecule has 0 radical (unpaired) electrons. The molecule has 0 amide bonds. The highest BCUT2D eigenvalue weighted by molar-refractivity contribution is 5.99. The first kappa shape index (κ1) is 12.1. The molecule has 1 aliphatic carbocycles. The van der Waals surface area contributed by atoms with Crippen molar-refractivity contribution in [2.45, 2.75) is 13.3 Å². The molecule has 2 heterocycles. The molecule has 6 heteroatoms. The molecule has 0 aromatic carbocycles. The maximum Gasteiger partial charge on any atom is 0.318 e. The lowest BCUT2D eigenvalue weighted by Gasteiger charge is -2.30. The predicted molar refractivity (Wildman–Crippen MR) is 59.1 cm³/mol. The van der Waals surface area contributed by atoms with Crippen LogP contribution in [0.5, 0.6) is 0 Å². The van der Waals surface area contributed by atoms with Crippen LogP contribution in [0.2, 0.25) is 0 Å². The highest BCUT2D eigenvalue weighted by Crippen LogP contribution is 2.45. The minimum atomic E-state index is -0.684. The number of fused-ring (bicyclic) bond motifs is 5. The second kappa shape index (κ2) is 4.01. The van der Waals surface area contributed by atoms with Crippen LogP contribution in [0.15, 0.2) is 12.2 Å². The maximum atomic E-state index is 11.8. The van der Waals surface area contributed by atoms with Gasteiger partial charge in [0.25, 0.3) is 0 Å². The minimum absolute atomic E-state index is 0.0920. The summed E-state index contributed by atoms with van der Waals surface area (Å²) in [5, 5.41) is 0. The van der Waals surface area contributed by atoms with Crippen LogP contribution in [0.1, 0.15) is 13.3 Å². The van der Waals surface area contributed by atoms with E-state index < -0.39 is 53.5 Å². The summed E-state index contributed by atoms with van der Waals surface area (Å²) in [5.74, 6) is -5.46. The van der Waals surface area contributed by atoms with Crippen molar-refractivity contribution in [1.29, 1.82) is 0 Å². The lowest BCUT2D eigenvalue weighted by atomic mass is 9.67. The summed E-state index contributed by atoms with van der Waals surface area (Å²) < 4.78 is 9.40. The second-order valence-corrected chi connectivity index (χ2v) is 5.20. The SMILES string of the molecule is CC1C(=O)OC(=O)CC2C=CC1C1C(=O)OC(=O)C21. The molecular weight excluding hydrogens is 252 g/mol. The largest absolute Gasteiger partial charge is 0.393 e. The number of rotatable bonds is 0. The van der Waals surface area contributed by atoms with Crippen LogP contribution in [0.3, 0.4) is 0 Å². The van der Waals surface area contributed by atoms with E-state index in [1.807, 2.05) is 0 Å². The van der Waals surface area contributed by atoms with Gasteiger partial charge in [-0.25, -0.2) is 0 Å². The molecule has 2 bridgehead atoms. The molecule has 19 heavy (non-hydrogen) atoms. The number of carbonyl (C=O) groups excluding carboxylic acids is 4. The zero-order chi connectivity index (χ0) is 13.7. The summed E-state index contributed by atoms with van der Waals surface area (Å²) in [7, 11) is 0. The van der Waals surface area contributed by atoms with Gasteiger partial charge in [0, 0.05) is 11.8 Å². The Morgan fingerprint density at radius 2 is 1.63 bits per heavy atom. The van der Waals surface area contributed by atoms with Crippen molar-refractivity contribution in [1.82, 2.24) is 0 Å². The number of hydrogen-bond donors (Lipinski definition) is 0. The first-order valence-corrected chi connectivity index (χ1v) is 6.17. The number of cyclic esters (lactones) is 4. The number of hydrogen-bond acceptors (Lipinski definition) is 6. The monoisotopic (exact) mass is 264 g/mol. The molecule has 1 saturated heterocycles. The fourth-order valence-corrected chi connectivity index (χ4v) is 3.15. The average molecular weight is 264 g/mol. The molecule has 0 aromatic rings. The molecule has 3 aliphatic rings. The van der Waals surface area contributed by atoms with E-state index >= 15 is 0 Å². The summed E-state index contributed by atoms with van der Waals surface area (Å²) >= 11 is 0. The molecule has 5 atom stereocenters. The summed E-state index contributed by atoms with van der Waals surface area (Å²) in [6, 6.07) is 0.